The van der Waals surface area contributed by atoms with Crippen LogP contribution in [0.5, 0.6) is 0 Å². The summed E-state index contributed by atoms with van der Waals surface area (Å²) in [6.07, 6.45) is 4.39. The summed E-state index contributed by atoms with van der Waals surface area (Å²) in [5, 5.41) is 7.60. The average molecular weight is 171 g/mol. The van der Waals surface area contributed by atoms with Crippen LogP contribution in [0.2, 0.25) is 0 Å². The Balaban J connectivity index is 0. The Hall–Kier alpha value is -1.41. The number of carbonyl (C=O) groups is 1. The Bertz CT molecular complexity index is 171. The predicted octanol–water partition coefficient (Wildman–Crippen LogP) is 1.38. The molecule has 0 saturated heterocycles. The number of aliphatic carboxylic acids is 1. The number of unbranched alkanes of at least 4 members (excludes halogenated alkanes) is 1. The molecule has 0 saturated carbocycles. The highest BCUT2D eigenvalue weighted by Crippen LogP contribution is 1.83. The Kier molecular flexibility index (Phi) is 13.5. The fraction of sp³-hybridized carbons (Fsp3) is 0.500. The normalized spacial score (nSPS) is 7.08. The zero-order valence-corrected chi connectivity index (χ0v) is 7.12. The van der Waals surface area contributed by atoms with Crippen molar-refractivity contribution in [3.8, 4) is 0 Å². The number of nitrogens with zero attached hydrogens (tertiary/aromatic N) is 1. The molecule has 0 aromatic carbocycles. The molecule has 0 spiro atoms. The number of hydrogen-bond acceptors (Lipinski definition) is 3. The van der Waals surface area contributed by atoms with Gasteiger partial charge in [-0.05, 0) is 6.42 Å². The molecule has 0 aliphatic carbocycles. The first kappa shape index (κ1) is 13.2. The van der Waals surface area contributed by atoms with Gasteiger partial charge in [-0.15, -0.1) is 0 Å². The van der Waals surface area contributed by atoms with Crippen LogP contribution in [0.3, 0.4) is 0 Å². The van der Waals surface area contributed by atoms with Crippen LogP contribution in [-0.2, 0) is 9.59 Å². The third-order valence-electron chi connectivity index (χ3n) is 0.863. The maximum Gasteiger partial charge on any atom is 0.327 e. The van der Waals surface area contributed by atoms with Gasteiger partial charge in [0.15, 0.2) is 0 Å². The van der Waals surface area contributed by atoms with Crippen LogP contribution in [0.15, 0.2) is 17.6 Å². The van der Waals surface area contributed by atoms with E-state index in [4.69, 9.17) is 5.11 Å². The van der Waals surface area contributed by atoms with Gasteiger partial charge in [0.05, 0.1) is 6.54 Å². The zero-order chi connectivity index (χ0) is 9.82. The second-order valence-corrected chi connectivity index (χ2v) is 1.87. The fourth-order valence-corrected chi connectivity index (χ4v) is 0.283. The topological polar surface area (TPSA) is 66.7 Å². The van der Waals surface area contributed by atoms with Gasteiger partial charge in [-0.1, -0.05) is 19.9 Å². The molecule has 4 nitrogen and oxygen atoms in total. The minimum Gasteiger partial charge on any atom is -0.478 e. The van der Waals surface area contributed by atoms with Crippen LogP contribution >= 0.6 is 0 Å². The van der Waals surface area contributed by atoms with Crippen LogP contribution in [0.25, 0.3) is 0 Å². The lowest BCUT2D eigenvalue weighted by Crippen LogP contribution is -1.82. The predicted molar refractivity (Wildman–Crippen MR) is 45.7 cm³/mol. The van der Waals surface area contributed by atoms with E-state index in [1.807, 2.05) is 0 Å². The van der Waals surface area contributed by atoms with E-state index in [0.717, 1.165) is 18.9 Å². The van der Waals surface area contributed by atoms with Crippen molar-refractivity contribution in [2.24, 2.45) is 4.99 Å². The summed E-state index contributed by atoms with van der Waals surface area (Å²) >= 11 is 0. The van der Waals surface area contributed by atoms with E-state index in [1.165, 1.54) is 6.08 Å². The van der Waals surface area contributed by atoms with Gasteiger partial charge in [0.1, 0.15) is 0 Å². The number of carboxylic acids is 1. The first-order valence-electron chi connectivity index (χ1n) is 3.58. The molecule has 0 aromatic heterocycles. The lowest BCUT2D eigenvalue weighted by Gasteiger charge is -1.80. The van der Waals surface area contributed by atoms with E-state index in [0.29, 0.717) is 6.54 Å². The molecule has 68 valence electrons. The van der Waals surface area contributed by atoms with Crippen molar-refractivity contribution >= 4 is 12.0 Å². The van der Waals surface area contributed by atoms with Crippen molar-refractivity contribution in [3.05, 3.63) is 12.7 Å². The van der Waals surface area contributed by atoms with E-state index >= 15 is 0 Å². The van der Waals surface area contributed by atoms with Gasteiger partial charge in [-0.3, -0.25) is 0 Å². The molecule has 0 aromatic rings. The van der Waals surface area contributed by atoms with Crippen LogP contribution in [0.4, 0.5) is 0 Å². The Morgan fingerprint density at radius 1 is 1.75 bits per heavy atom. The maximum absolute atomic E-state index is 9.39. The molecule has 0 aliphatic rings. The first-order valence-corrected chi connectivity index (χ1v) is 3.58. The Morgan fingerprint density at radius 2 is 2.25 bits per heavy atom. The summed E-state index contributed by atoms with van der Waals surface area (Å²) < 4.78 is 0. The molecular weight excluding hydrogens is 158 g/mol. The molecule has 0 bridgehead atoms. The van der Waals surface area contributed by atoms with Crippen molar-refractivity contribution in [1.82, 2.24) is 0 Å². The SMILES string of the molecule is C=CC(=O)O.CCCCN=C=O. The van der Waals surface area contributed by atoms with Crippen LogP contribution < -0.4 is 0 Å². The summed E-state index contributed by atoms with van der Waals surface area (Å²) in [7, 11) is 0. The van der Waals surface area contributed by atoms with Crippen LogP contribution in [0, 0.1) is 0 Å². The third kappa shape index (κ3) is 23.5. The minimum absolute atomic E-state index is 0.639. The highest BCUT2D eigenvalue weighted by molar-refractivity contribution is 5.78. The van der Waals surface area contributed by atoms with Crippen LogP contribution in [0.1, 0.15) is 19.8 Å². The van der Waals surface area contributed by atoms with Gasteiger partial charge in [0.25, 0.3) is 0 Å². The summed E-state index contributed by atoms with van der Waals surface area (Å²) in [6.45, 7) is 5.66. The number of aliphatic imine (C=N–C) groups is 1. The van der Waals surface area contributed by atoms with Gasteiger partial charge >= 0.3 is 5.97 Å². The number of carboxylic acid groups (broad SMARTS) is 1. The van der Waals surface area contributed by atoms with Gasteiger partial charge in [-0.2, -0.15) is 0 Å². The van der Waals surface area contributed by atoms with E-state index in [-0.39, 0.29) is 0 Å². The Morgan fingerprint density at radius 3 is 2.50 bits per heavy atom. The molecule has 0 aliphatic heterocycles. The highest BCUT2D eigenvalue weighted by Gasteiger charge is 1.74. The zero-order valence-electron chi connectivity index (χ0n) is 7.12. The summed E-state index contributed by atoms with van der Waals surface area (Å²) in [5.74, 6) is -0.981. The number of isocyanates is 1. The van der Waals surface area contributed by atoms with Crippen molar-refractivity contribution in [2.45, 2.75) is 19.8 Å². The lowest BCUT2D eigenvalue weighted by atomic mass is 10.3. The molecule has 0 atom stereocenters. The standard InChI is InChI=1S/C5H9NO.C3H4O2/c1-2-3-4-6-5-7;1-2-3(4)5/h2-4H2,1H3;2H,1H2,(H,4,5). The minimum atomic E-state index is -0.981. The molecule has 0 fully saturated rings. The first-order chi connectivity index (χ1) is 5.68. The molecule has 0 amide bonds. The number of carbonyl (C=O) groups excluding carboxylic acids is 1. The van der Waals surface area contributed by atoms with Gasteiger partial charge in [0.2, 0.25) is 6.08 Å². The second kappa shape index (κ2) is 12.3. The summed E-state index contributed by atoms with van der Waals surface area (Å²) in [5.41, 5.74) is 0. The van der Waals surface area contributed by atoms with Gasteiger partial charge in [0, 0.05) is 6.08 Å². The molecule has 0 heterocycles. The van der Waals surface area contributed by atoms with Crippen molar-refractivity contribution < 1.29 is 14.7 Å². The van der Waals surface area contributed by atoms with Gasteiger partial charge in [-0.25, -0.2) is 14.6 Å². The van der Waals surface area contributed by atoms with E-state index in [9.17, 15) is 9.59 Å². The van der Waals surface area contributed by atoms with E-state index in [2.05, 4.69) is 18.5 Å². The molecule has 0 unspecified atom stereocenters. The fourth-order valence-electron chi connectivity index (χ4n) is 0.283. The van der Waals surface area contributed by atoms with E-state index < -0.39 is 5.97 Å². The smallest absolute Gasteiger partial charge is 0.327 e. The van der Waals surface area contributed by atoms with E-state index in [1.54, 1.807) is 0 Å². The quantitative estimate of drug-likeness (QED) is 0.301. The van der Waals surface area contributed by atoms with Gasteiger partial charge < -0.3 is 5.11 Å². The molecular formula is C8H13NO3. The van der Waals surface area contributed by atoms with Crippen LogP contribution in [-0.4, -0.2) is 23.7 Å². The number of hydrogen-bond donors (Lipinski definition) is 1. The van der Waals surface area contributed by atoms with Crippen molar-refractivity contribution in [2.75, 3.05) is 6.54 Å². The largest absolute Gasteiger partial charge is 0.478 e. The monoisotopic (exact) mass is 171 g/mol. The second-order valence-electron chi connectivity index (χ2n) is 1.87. The average Bonchev–Trinajstić information content (AvgIpc) is 2.07. The summed E-state index contributed by atoms with van der Waals surface area (Å²) in [4.78, 5) is 22.0. The lowest BCUT2D eigenvalue weighted by molar-refractivity contribution is -0.131. The molecule has 0 rings (SSSR count). The van der Waals surface area contributed by atoms with Crippen molar-refractivity contribution in [3.63, 3.8) is 0 Å². The molecule has 12 heavy (non-hydrogen) atoms. The van der Waals surface area contributed by atoms with Crippen molar-refractivity contribution in [1.29, 1.82) is 0 Å². The third-order valence-corrected chi connectivity index (χ3v) is 0.863. The number of rotatable bonds is 4. The maximum atomic E-state index is 9.39. The summed E-state index contributed by atoms with van der Waals surface area (Å²) in [6, 6.07) is 0. The Labute approximate surface area is 71.6 Å². The molecule has 4 heteroatoms. The highest BCUT2D eigenvalue weighted by atomic mass is 16.4. The molecule has 0 radical (unpaired) electrons. The molecule has 1 N–H and O–H groups in total.